The van der Waals surface area contributed by atoms with Gasteiger partial charge < -0.3 is 15.4 Å². The third kappa shape index (κ3) is 4.94. The number of nitrogens with one attached hydrogen (secondary N) is 2. The highest BCUT2D eigenvalue weighted by Crippen LogP contribution is 2.14. The molecule has 1 unspecified atom stereocenters. The molecule has 1 fully saturated rings. The van der Waals surface area contributed by atoms with E-state index in [9.17, 15) is 4.79 Å². The Morgan fingerprint density at radius 2 is 2.33 bits per heavy atom. The average molecular weight is 350 g/mol. The summed E-state index contributed by atoms with van der Waals surface area (Å²) >= 11 is 5.74. The standard InChI is InChI=1S/C16H20ClN5O2/c17-15-4-3-12(8-19-15)5-6-18-16(23)21-13-9-20-22(10-13)11-14-2-1-7-24-14/h3-4,8-10,14H,1-2,5-7,11H2,(H2,18,21,23). The molecule has 2 aromatic heterocycles. The van der Waals surface area contributed by atoms with Crippen LogP contribution >= 0.6 is 11.6 Å². The predicted octanol–water partition coefficient (Wildman–Crippen LogP) is 2.47. The normalized spacial score (nSPS) is 17.0. The lowest BCUT2D eigenvalue weighted by atomic mass is 10.2. The van der Waals surface area contributed by atoms with Crippen LogP contribution in [0.1, 0.15) is 18.4 Å². The number of rotatable bonds is 6. The van der Waals surface area contributed by atoms with Crippen LogP contribution in [0.15, 0.2) is 30.7 Å². The molecule has 3 rings (SSSR count). The number of aromatic nitrogens is 3. The second-order valence-electron chi connectivity index (χ2n) is 5.71. The van der Waals surface area contributed by atoms with Crippen molar-refractivity contribution in [3.63, 3.8) is 0 Å². The van der Waals surface area contributed by atoms with Gasteiger partial charge in [-0.05, 0) is 30.9 Å². The molecule has 1 saturated heterocycles. The van der Waals surface area contributed by atoms with Gasteiger partial charge in [-0.2, -0.15) is 5.10 Å². The molecule has 7 nitrogen and oxygen atoms in total. The van der Waals surface area contributed by atoms with Crippen molar-refractivity contribution in [3.8, 4) is 0 Å². The predicted molar refractivity (Wildman–Crippen MR) is 91.2 cm³/mol. The van der Waals surface area contributed by atoms with Gasteiger partial charge in [0.2, 0.25) is 0 Å². The van der Waals surface area contributed by atoms with Crippen LogP contribution < -0.4 is 10.6 Å². The van der Waals surface area contributed by atoms with E-state index in [1.165, 1.54) is 0 Å². The first-order valence-corrected chi connectivity index (χ1v) is 8.36. The molecule has 3 heterocycles. The smallest absolute Gasteiger partial charge is 0.319 e. The molecule has 2 aromatic rings. The fourth-order valence-electron chi connectivity index (χ4n) is 2.57. The van der Waals surface area contributed by atoms with E-state index in [-0.39, 0.29) is 12.1 Å². The number of anilines is 1. The number of ether oxygens (including phenoxy) is 1. The molecule has 2 N–H and O–H groups in total. The first kappa shape index (κ1) is 16.7. The zero-order valence-electron chi connectivity index (χ0n) is 13.2. The molecule has 128 valence electrons. The highest BCUT2D eigenvalue weighted by molar-refractivity contribution is 6.29. The van der Waals surface area contributed by atoms with Crippen LogP contribution in [0.25, 0.3) is 0 Å². The number of amides is 2. The number of halogens is 1. The molecule has 0 bridgehead atoms. The Balaban J connectivity index is 1.39. The van der Waals surface area contributed by atoms with E-state index in [1.54, 1.807) is 23.1 Å². The minimum absolute atomic E-state index is 0.222. The van der Waals surface area contributed by atoms with E-state index in [0.29, 0.717) is 30.4 Å². The Morgan fingerprint density at radius 3 is 3.08 bits per heavy atom. The second kappa shape index (κ2) is 8.12. The van der Waals surface area contributed by atoms with Gasteiger partial charge in [-0.1, -0.05) is 17.7 Å². The Morgan fingerprint density at radius 1 is 1.42 bits per heavy atom. The maximum Gasteiger partial charge on any atom is 0.319 e. The number of hydrogen-bond acceptors (Lipinski definition) is 4. The molecule has 0 saturated carbocycles. The minimum Gasteiger partial charge on any atom is -0.376 e. The SMILES string of the molecule is O=C(NCCc1ccc(Cl)nc1)Nc1cnn(CC2CCCO2)c1. The zero-order valence-corrected chi connectivity index (χ0v) is 14.0. The van der Waals surface area contributed by atoms with Gasteiger partial charge >= 0.3 is 6.03 Å². The monoisotopic (exact) mass is 349 g/mol. The quantitative estimate of drug-likeness (QED) is 0.785. The molecule has 2 amide bonds. The minimum atomic E-state index is -0.256. The van der Waals surface area contributed by atoms with E-state index in [2.05, 4.69) is 20.7 Å². The van der Waals surface area contributed by atoms with Gasteiger partial charge in [-0.25, -0.2) is 9.78 Å². The van der Waals surface area contributed by atoms with Gasteiger partial charge in [-0.3, -0.25) is 4.68 Å². The van der Waals surface area contributed by atoms with Gasteiger partial charge in [0.05, 0.1) is 24.5 Å². The largest absolute Gasteiger partial charge is 0.376 e. The molecule has 0 aromatic carbocycles. The summed E-state index contributed by atoms with van der Waals surface area (Å²) in [5.74, 6) is 0. The van der Waals surface area contributed by atoms with E-state index in [0.717, 1.165) is 25.0 Å². The summed E-state index contributed by atoms with van der Waals surface area (Å²) in [6.45, 7) is 2.05. The van der Waals surface area contributed by atoms with Crippen LogP contribution in [0.5, 0.6) is 0 Å². The summed E-state index contributed by atoms with van der Waals surface area (Å²) in [6, 6.07) is 3.37. The number of pyridine rings is 1. The number of nitrogens with zero attached hydrogens (tertiary/aromatic N) is 3. The van der Waals surface area contributed by atoms with Gasteiger partial charge in [-0.15, -0.1) is 0 Å². The summed E-state index contributed by atoms with van der Waals surface area (Å²) in [5.41, 5.74) is 1.68. The Bertz CT molecular complexity index is 667. The third-order valence-corrected chi connectivity index (χ3v) is 4.02. The second-order valence-corrected chi connectivity index (χ2v) is 6.09. The Labute approximate surface area is 145 Å². The Kier molecular flexibility index (Phi) is 5.66. The van der Waals surface area contributed by atoms with Gasteiger partial charge in [0, 0.05) is 25.5 Å². The van der Waals surface area contributed by atoms with E-state index >= 15 is 0 Å². The molecule has 0 aliphatic carbocycles. The number of urea groups is 1. The summed E-state index contributed by atoms with van der Waals surface area (Å²) in [5, 5.41) is 10.3. The van der Waals surface area contributed by atoms with Crippen molar-refractivity contribution < 1.29 is 9.53 Å². The van der Waals surface area contributed by atoms with Crippen LogP contribution in [0.4, 0.5) is 10.5 Å². The number of carbonyl (C=O) groups is 1. The number of hydrogen-bond donors (Lipinski definition) is 2. The summed E-state index contributed by atoms with van der Waals surface area (Å²) in [7, 11) is 0. The summed E-state index contributed by atoms with van der Waals surface area (Å²) < 4.78 is 7.37. The van der Waals surface area contributed by atoms with Crippen molar-refractivity contribution in [1.29, 1.82) is 0 Å². The average Bonchev–Trinajstić information content (AvgIpc) is 3.22. The van der Waals surface area contributed by atoms with Gasteiger partial charge in [0.25, 0.3) is 0 Å². The van der Waals surface area contributed by atoms with E-state index < -0.39 is 0 Å². The molecule has 0 spiro atoms. The fourth-order valence-corrected chi connectivity index (χ4v) is 2.69. The van der Waals surface area contributed by atoms with Crippen molar-refractivity contribution >= 4 is 23.3 Å². The van der Waals surface area contributed by atoms with Crippen molar-refractivity contribution in [3.05, 3.63) is 41.4 Å². The highest BCUT2D eigenvalue weighted by Gasteiger charge is 2.16. The zero-order chi connectivity index (χ0) is 16.8. The fraction of sp³-hybridized carbons (Fsp3) is 0.438. The molecule has 1 atom stereocenters. The van der Waals surface area contributed by atoms with Crippen LogP contribution in [0, 0.1) is 0 Å². The van der Waals surface area contributed by atoms with Crippen molar-refractivity contribution in [2.75, 3.05) is 18.5 Å². The lowest BCUT2D eigenvalue weighted by Crippen LogP contribution is -2.30. The topological polar surface area (TPSA) is 81.1 Å². The van der Waals surface area contributed by atoms with Crippen molar-refractivity contribution in [2.45, 2.75) is 31.9 Å². The highest BCUT2D eigenvalue weighted by atomic mass is 35.5. The molecule has 8 heteroatoms. The van der Waals surface area contributed by atoms with E-state index in [1.807, 2.05) is 12.3 Å². The summed E-state index contributed by atoms with van der Waals surface area (Å²) in [6.07, 6.45) is 8.22. The van der Waals surface area contributed by atoms with Crippen LogP contribution in [-0.2, 0) is 17.7 Å². The summed E-state index contributed by atoms with van der Waals surface area (Å²) in [4.78, 5) is 15.9. The molecule has 24 heavy (non-hydrogen) atoms. The van der Waals surface area contributed by atoms with E-state index in [4.69, 9.17) is 16.3 Å². The molecular weight excluding hydrogens is 330 g/mol. The third-order valence-electron chi connectivity index (χ3n) is 3.79. The Hall–Kier alpha value is -2.12. The molecular formula is C16H20ClN5O2. The first-order chi connectivity index (χ1) is 11.7. The maximum atomic E-state index is 11.9. The van der Waals surface area contributed by atoms with Crippen molar-refractivity contribution in [1.82, 2.24) is 20.1 Å². The first-order valence-electron chi connectivity index (χ1n) is 7.98. The molecule has 1 aliphatic heterocycles. The van der Waals surface area contributed by atoms with Crippen LogP contribution in [0.3, 0.4) is 0 Å². The number of carbonyl (C=O) groups excluding carboxylic acids is 1. The maximum absolute atomic E-state index is 11.9. The van der Waals surface area contributed by atoms with Gasteiger partial charge in [0.15, 0.2) is 0 Å². The van der Waals surface area contributed by atoms with Crippen molar-refractivity contribution in [2.24, 2.45) is 0 Å². The lowest BCUT2D eigenvalue weighted by Gasteiger charge is -2.08. The molecule has 0 radical (unpaired) electrons. The van der Waals surface area contributed by atoms with Crippen LogP contribution in [0.2, 0.25) is 5.15 Å². The van der Waals surface area contributed by atoms with Crippen LogP contribution in [-0.4, -0.2) is 40.1 Å². The molecule has 1 aliphatic rings. The lowest BCUT2D eigenvalue weighted by molar-refractivity contribution is 0.0940. The van der Waals surface area contributed by atoms with Gasteiger partial charge in [0.1, 0.15) is 5.15 Å².